The summed E-state index contributed by atoms with van der Waals surface area (Å²) in [6.45, 7) is 1.05. The van der Waals surface area contributed by atoms with Crippen molar-refractivity contribution >= 4 is 134 Å². The third-order valence-electron chi connectivity index (χ3n) is 8.05. The van der Waals surface area contributed by atoms with E-state index in [9.17, 15) is 29.8 Å². The molecular weight excluding hydrogens is 999 g/mol. The Hall–Kier alpha value is -5.12. The number of para-hydroxylation sites is 1. The second kappa shape index (κ2) is 27.9. The number of carboxylic acid groups (broad SMARTS) is 2. The van der Waals surface area contributed by atoms with Gasteiger partial charge in [0.05, 0.1) is 25.5 Å². The normalized spacial score (nSPS) is 9.91. The van der Waals surface area contributed by atoms with E-state index in [2.05, 4.69) is 30.2 Å². The molecule has 0 saturated heterocycles. The van der Waals surface area contributed by atoms with Crippen LogP contribution >= 0.6 is 67.3 Å². The van der Waals surface area contributed by atoms with Gasteiger partial charge in [-0.15, -0.1) is 22.7 Å². The maximum absolute atomic E-state index is 10.8. The molecule has 8 rings (SSSR count). The number of rotatable bonds is 11. The summed E-state index contributed by atoms with van der Waals surface area (Å²) in [7, 11) is 9.34. The molecule has 16 nitrogen and oxygen atoms in total. The van der Waals surface area contributed by atoms with Gasteiger partial charge >= 0.3 is 45.3 Å². The van der Waals surface area contributed by atoms with Crippen molar-refractivity contribution in [2.45, 2.75) is 75.9 Å². The molecule has 0 radical (unpaired) electrons. The molecule has 2 N–H and O–H groups in total. The van der Waals surface area contributed by atoms with Gasteiger partial charge in [0, 0.05) is 80.0 Å². The Morgan fingerprint density at radius 1 is 0.703 bits per heavy atom. The average molecular weight is 1050 g/mol. The van der Waals surface area contributed by atoms with Crippen LogP contribution in [0.25, 0.3) is 54.2 Å². The predicted molar refractivity (Wildman–Crippen MR) is 261 cm³/mol. The van der Waals surface area contributed by atoms with Gasteiger partial charge in [-0.25, -0.2) is 9.97 Å². The number of fused-ring (bicyclic) bond motifs is 4. The molecular formula is C41H48Cl2CuN6O10S4. The molecule has 64 heavy (non-hydrogen) atoms. The number of carboxylic acids is 2. The van der Waals surface area contributed by atoms with E-state index >= 15 is 0 Å². The van der Waals surface area contributed by atoms with E-state index in [1.165, 1.54) is 46.9 Å². The Bertz CT molecular complexity index is 2880. The summed E-state index contributed by atoms with van der Waals surface area (Å²) < 4.78 is 18.1. The van der Waals surface area contributed by atoms with Crippen LogP contribution < -0.4 is 0 Å². The van der Waals surface area contributed by atoms with E-state index in [0.29, 0.717) is 61.9 Å². The number of aliphatic carboxylic acids is 2. The predicted octanol–water partition coefficient (Wildman–Crippen LogP) is 14.6. The second-order valence-electron chi connectivity index (χ2n) is 11.9. The van der Waals surface area contributed by atoms with Crippen LogP contribution in [-0.2, 0) is 35.8 Å². The molecule has 0 fully saturated rings. The Morgan fingerprint density at radius 3 is 1.61 bits per heavy atom. The van der Waals surface area contributed by atoms with Crippen LogP contribution in [0.1, 0.15) is 62.8 Å². The van der Waals surface area contributed by atoms with E-state index in [-0.39, 0.29) is 61.3 Å². The molecule has 6 heterocycles. The second-order valence-corrected chi connectivity index (χ2v) is 16.8. The summed E-state index contributed by atoms with van der Waals surface area (Å²) in [6.07, 6.45) is 2.81. The molecule has 0 amide bonds. The molecule has 0 bridgehead atoms. The van der Waals surface area contributed by atoms with Gasteiger partial charge < -0.3 is 28.2 Å². The minimum absolute atomic E-state index is 0. The molecule has 0 aliphatic carbocycles. The van der Waals surface area contributed by atoms with E-state index in [1.807, 2.05) is 21.3 Å². The number of hydrogen-bond donors (Lipinski definition) is 2. The van der Waals surface area contributed by atoms with E-state index in [4.69, 9.17) is 43.5 Å². The van der Waals surface area contributed by atoms with Crippen LogP contribution in [0.3, 0.4) is 0 Å². The number of aromatic nitrogens is 4. The number of aryl methyl sites for hydroxylation is 2. The molecule has 0 spiro atoms. The summed E-state index contributed by atoms with van der Waals surface area (Å²) in [5, 5.41) is 38.3. The van der Waals surface area contributed by atoms with Crippen LogP contribution in [-0.4, -0.2) is 51.1 Å². The Kier molecular flexibility index (Phi) is 25.7. The van der Waals surface area contributed by atoms with Gasteiger partial charge in [-0.3, -0.25) is 29.8 Å². The third-order valence-corrected chi connectivity index (χ3v) is 10.8. The van der Waals surface area contributed by atoms with Crippen molar-refractivity contribution in [1.29, 1.82) is 0 Å². The molecule has 0 saturated carbocycles. The summed E-state index contributed by atoms with van der Waals surface area (Å²) in [5.41, 5.74) is 5.11. The zero-order valence-electron chi connectivity index (χ0n) is 29.9. The number of nitrogens with zero attached hydrogens (tertiary/aromatic N) is 6. The first-order valence-electron chi connectivity index (χ1n) is 16.8. The Morgan fingerprint density at radius 2 is 1.16 bits per heavy atom. The van der Waals surface area contributed by atoms with E-state index < -0.39 is 21.8 Å². The topological polar surface area (TPSA) is 223 Å². The number of pyridine rings is 2. The molecule has 6 aromatic heterocycles. The molecule has 23 heteroatoms. The van der Waals surface area contributed by atoms with Crippen molar-refractivity contribution in [3.05, 3.63) is 113 Å². The van der Waals surface area contributed by atoms with Gasteiger partial charge in [0.2, 0.25) is 0 Å². The van der Waals surface area contributed by atoms with Gasteiger partial charge in [0.1, 0.15) is 16.8 Å². The molecule has 2 aromatic carbocycles. The number of nitro benzene ring substituents is 2. The monoisotopic (exact) mass is 1050 g/mol. The van der Waals surface area contributed by atoms with Crippen molar-refractivity contribution in [3.8, 4) is 11.3 Å². The molecule has 0 unspecified atom stereocenters. The quantitative estimate of drug-likeness (QED) is 0.0532. The van der Waals surface area contributed by atoms with Gasteiger partial charge in [-0.1, -0.05) is 55.3 Å². The fraction of sp³-hybridized carbons (Fsp3) is 0.268. The Labute approximate surface area is 402 Å². The van der Waals surface area contributed by atoms with Crippen molar-refractivity contribution in [2.24, 2.45) is 0 Å². The van der Waals surface area contributed by atoms with Crippen LogP contribution in [0, 0.1) is 28.1 Å². The molecule has 351 valence electrons. The van der Waals surface area contributed by atoms with Crippen molar-refractivity contribution in [2.75, 3.05) is 0 Å². The molecule has 0 aliphatic heterocycles. The van der Waals surface area contributed by atoms with Crippen LogP contribution in [0.15, 0.2) is 94.0 Å². The first-order valence-corrected chi connectivity index (χ1v) is 21.8. The number of hydrogen-bond acceptors (Lipinski definition) is 14. The van der Waals surface area contributed by atoms with Gasteiger partial charge in [-0.05, 0) is 49.4 Å². The zero-order valence-corrected chi connectivity index (χ0v) is 35.6. The van der Waals surface area contributed by atoms with Crippen LogP contribution in [0.2, 0.25) is 0 Å². The number of halogens is 2. The maximum atomic E-state index is 10.8. The average Bonchev–Trinajstić information content (AvgIpc) is 3.98. The van der Waals surface area contributed by atoms with E-state index in [0.717, 1.165) is 39.3 Å². The SMILES string of the molecule is C.C.C.C.C.O=C(O)CCCn1c(=S)sc2cc3oc(-c4ccc([N+](=O)[O-])cc4)cc3nc21.O=C(O)CCCn1c(=S)sc2cc3occc3nc21.O=[N+]([O-])c1ccccc1.[Cl][Cu][Cl]. The van der Waals surface area contributed by atoms with Gasteiger partial charge in [0.25, 0.3) is 11.4 Å². The molecule has 8 aromatic rings. The van der Waals surface area contributed by atoms with Gasteiger partial charge in [0.15, 0.2) is 30.4 Å². The molecule has 0 aliphatic rings. The number of furan rings is 2. The summed E-state index contributed by atoms with van der Waals surface area (Å²) in [4.78, 5) is 50.4. The fourth-order valence-corrected chi connectivity index (χ4v) is 8.10. The minimum atomic E-state index is -0.844. The first kappa shape index (κ1) is 58.9. The molecule has 0 atom stereocenters. The fourth-order valence-electron chi connectivity index (χ4n) is 5.43. The summed E-state index contributed by atoms with van der Waals surface area (Å²) >= 11 is 14.3. The van der Waals surface area contributed by atoms with E-state index in [1.54, 1.807) is 48.7 Å². The number of non-ortho nitro benzene ring substituents is 2. The van der Waals surface area contributed by atoms with Crippen LogP contribution in [0.4, 0.5) is 11.4 Å². The first-order chi connectivity index (χ1) is 28.3. The van der Waals surface area contributed by atoms with Crippen molar-refractivity contribution < 1.29 is 51.6 Å². The number of thiazole rings is 2. The third kappa shape index (κ3) is 15.5. The van der Waals surface area contributed by atoms with Crippen molar-refractivity contribution in [3.63, 3.8) is 0 Å². The van der Waals surface area contributed by atoms with Crippen LogP contribution in [0.5, 0.6) is 0 Å². The Balaban J connectivity index is 0.000000960. The number of benzene rings is 2. The summed E-state index contributed by atoms with van der Waals surface area (Å²) in [5.74, 6) is -1.08. The summed E-state index contributed by atoms with van der Waals surface area (Å²) in [6, 6.07) is 21.4. The number of carbonyl (C=O) groups is 2. The zero-order chi connectivity index (χ0) is 42.6. The van der Waals surface area contributed by atoms with Gasteiger partial charge in [-0.2, -0.15) is 0 Å². The standard InChI is InChI=1S/C18H13N3O5S2.C12H10N2O3S2.C6H5NO2.5CH4.2ClH.Cu/c22-16(23)2-1-7-20-17-15(28-18(20)27)9-14-12(19-17)8-13(26-14)10-3-5-11(6-4-10)21(24)25;15-10(16)2-1-4-14-11-9(19-12(14)18)6-8-7(13-11)3-5-17-8;8-7(9)6-4-2-1-3-5-6;;;;;;;;/h3-6,8-9H,1-2,7H2,(H,22,23);3,5-6H,1-2,4H2,(H,15,16);1-5H;5*1H4;2*1H;/q;;;;;;;;;;+2/p-2. The number of nitro groups is 2. The van der Waals surface area contributed by atoms with Crippen molar-refractivity contribution in [1.82, 2.24) is 19.1 Å².